The van der Waals surface area contributed by atoms with Crippen LogP contribution in [0.5, 0.6) is 0 Å². The maximum atomic E-state index is 13.2. The van der Waals surface area contributed by atoms with Gasteiger partial charge in [0.05, 0.1) is 11.4 Å². The summed E-state index contributed by atoms with van der Waals surface area (Å²) >= 11 is 3.44. The highest BCUT2D eigenvalue weighted by Crippen LogP contribution is 2.45. The van der Waals surface area contributed by atoms with Crippen LogP contribution in [0.2, 0.25) is 0 Å². The van der Waals surface area contributed by atoms with Crippen LogP contribution in [0.15, 0.2) is 34.8 Å². The molecule has 1 aromatic carbocycles. The Hall–Kier alpha value is -2.41. The van der Waals surface area contributed by atoms with Crippen molar-refractivity contribution in [3.63, 3.8) is 0 Å². The van der Waals surface area contributed by atoms with Crippen molar-refractivity contribution < 1.29 is 24.6 Å². The zero-order valence-electron chi connectivity index (χ0n) is 14.9. The molecule has 6 nitrogen and oxygen atoms in total. The molecule has 0 aliphatic carbocycles. The fraction of sp³-hybridized carbons (Fsp3) is 0.350. The number of aliphatic carboxylic acids is 2. The van der Waals surface area contributed by atoms with Crippen LogP contribution in [-0.4, -0.2) is 32.5 Å². The molecule has 1 aliphatic heterocycles. The number of carboxylic acid groups (broad SMARTS) is 2. The molecule has 0 fully saturated rings. The molecule has 0 atom stereocenters. The second-order valence-electron chi connectivity index (χ2n) is 6.71. The number of fused-ring (bicyclic) bond motifs is 1. The second-order valence-corrected chi connectivity index (χ2v) is 7.50. The predicted molar refractivity (Wildman–Crippen MR) is 102 cm³/mol. The number of aromatic nitrogens is 1. The van der Waals surface area contributed by atoms with Gasteiger partial charge in [0, 0.05) is 16.6 Å². The summed E-state index contributed by atoms with van der Waals surface area (Å²) in [7, 11) is 0. The lowest BCUT2D eigenvalue weighted by Crippen LogP contribution is -2.42. The van der Waals surface area contributed by atoms with E-state index in [0.29, 0.717) is 27.7 Å². The van der Waals surface area contributed by atoms with Gasteiger partial charge in [-0.1, -0.05) is 43.7 Å². The van der Waals surface area contributed by atoms with Crippen molar-refractivity contribution in [3.8, 4) is 0 Å². The van der Waals surface area contributed by atoms with E-state index in [1.54, 1.807) is 28.8 Å². The second kappa shape index (κ2) is 7.31. The molecule has 0 spiro atoms. The Morgan fingerprint density at radius 2 is 1.78 bits per heavy atom. The molecule has 0 bridgehead atoms. The molecule has 0 radical (unpaired) electrons. The maximum Gasteiger partial charge on any atom is 0.327 e. The number of benzene rings is 1. The Morgan fingerprint density at radius 1 is 1.15 bits per heavy atom. The summed E-state index contributed by atoms with van der Waals surface area (Å²) in [6.45, 7) is 2.20. The number of carbonyl (C=O) groups is 3. The molecule has 2 aromatic rings. The van der Waals surface area contributed by atoms with Gasteiger partial charge in [-0.3, -0.25) is 14.4 Å². The first kappa shape index (κ1) is 19.4. The van der Waals surface area contributed by atoms with Gasteiger partial charge in [0.25, 0.3) is 0 Å². The quantitative estimate of drug-likeness (QED) is 0.513. The molecule has 7 heteroatoms. The number of halogens is 1. The van der Waals surface area contributed by atoms with Crippen molar-refractivity contribution in [1.29, 1.82) is 0 Å². The number of rotatable bonds is 7. The first-order chi connectivity index (χ1) is 12.9. The van der Waals surface area contributed by atoms with Crippen molar-refractivity contribution in [2.45, 2.75) is 44.6 Å². The van der Waals surface area contributed by atoms with Crippen LogP contribution in [0.4, 0.5) is 0 Å². The summed E-state index contributed by atoms with van der Waals surface area (Å²) < 4.78 is 2.02. The average molecular weight is 434 g/mol. The van der Waals surface area contributed by atoms with Crippen LogP contribution < -0.4 is 0 Å². The van der Waals surface area contributed by atoms with Crippen molar-refractivity contribution in [2.24, 2.45) is 0 Å². The Bertz CT molecular complexity index is 902. The summed E-state index contributed by atoms with van der Waals surface area (Å²) in [6, 6.07) is 8.75. The van der Waals surface area contributed by atoms with Gasteiger partial charge in [0.2, 0.25) is 11.2 Å². The van der Waals surface area contributed by atoms with Gasteiger partial charge in [0.1, 0.15) is 0 Å². The molecular weight excluding hydrogens is 414 g/mol. The summed E-state index contributed by atoms with van der Waals surface area (Å²) in [6.07, 6.45) is 2.19. The molecule has 0 saturated carbocycles. The molecule has 2 N–H and O–H groups in total. The SMILES string of the molecule is CCCCc1c(Br)c2n(c1C(=O)c1ccccc1)CCC2(C(=O)O)C(=O)O. The zero-order chi connectivity index (χ0) is 19.8. The zero-order valence-corrected chi connectivity index (χ0v) is 16.5. The minimum absolute atomic E-state index is 0.0886. The first-order valence-electron chi connectivity index (χ1n) is 8.84. The van der Waals surface area contributed by atoms with Crippen molar-refractivity contribution in [3.05, 3.63) is 57.3 Å². The van der Waals surface area contributed by atoms with E-state index in [9.17, 15) is 24.6 Å². The lowest BCUT2D eigenvalue weighted by atomic mass is 9.83. The van der Waals surface area contributed by atoms with Gasteiger partial charge < -0.3 is 14.8 Å². The molecule has 27 heavy (non-hydrogen) atoms. The first-order valence-corrected chi connectivity index (χ1v) is 9.63. The number of hydrogen-bond donors (Lipinski definition) is 2. The third-order valence-corrected chi connectivity index (χ3v) is 6.03. The normalized spacial score (nSPS) is 14.7. The minimum Gasteiger partial charge on any atom is -0.480 e. The van der Waals surface area contributed by atoms with Gasteiger partial charge in [0.15, 0.2) is 0 Å². The third kappa shape index (κ3) is 2.90. The Morgan fingerprint density at radius 3 is 2.33 bits per heavy atom. The molecule has 142 valence electrons. The topological polar surface area (TPSA) is 96.6 Å². The number of nitrogens with zero attached hydrogens (tertiary/aromatic N) is 1. The molecule has 0 saturated heterocycles. The summed E-state index contributed by atoms with van der Waals surface area (Å²) in [5.74, 6) is -3.04. The molecule has 0 amide bonds. The minimum atomic E-state index is -2.05. The molecule has 3 rings (SSSR count). The summed E-state index contributed by atoms with van der Waals surface area (Å²) in [4.78, 5) is 37.1. The highest BCUT2D eigenvalue weighted by molar-refractivity contribution is 9.10. The van der Waals surface area contributed by atoms with Gasteiger partial charge in [-0.15, -0.1) is 0 Å². The van der Waals surface area contributed by atoms with E-state index in [1.165, 1.54) is 0 Å². The van der Waals surface area contributed by atoms with Gasteiger partial charge in [-0.05, 0) is 40.8 Å². The highest BCUT2D eigenvalue weighted by atomic mass is 79.9. The lowest BCUT2D eigenvalue weighted by molar-refractivity contribution is -0.157. The fourth-order valence-corrected chi connectivity index (χ4v) is 4.69. The van der Waals surface area contributed by atoms with Gasteiger partial charge in [-0.25, -0.2) is 0 Å². The van der Waals surface area contributed by atoms with E-state index >= 15 is 0 Å². The van der Waals surface area contributed by atoms with Crippen LogP contribution in [0.25, 0.3) is 0 Å². The van der Waals surface area contributed by atoms with Crippen LogP contribution >= 0.6 is 15.9 Å². The molecule has 1 aromatic heterocycles. The van der Waals surface area contributed by atoms with Crippen LogP contribution in [0.1, 0.15) is 53.5 Å². The monoisotopic (exact) mass is 433 g/mol. The Balaban J connectivity index is 2.26. The Labute approximate surface area is 164 Å². The number of unbranched alkanes of at least 4 members (excludes halogenated alkanes) is 1. The van der Waals surface area contributed by atoms with E-state index < -0.39 is 17.4 Å². The van der Waals surface area contributed by atoms with Crippen molar-refractivity contribution >= 4 is 33.7 Å². The van der Waals surface area contributed by atoms with Crippen molar-refractivity contribution in [2.75, 3.05) is 0 Å². The van der Waals surface area contributed by atoms with E-state index in [1.807, 2.05) is 13.0 Å². The average Bonchev–Trinajstić information content (AvgIpc) is 3.17. The third-order valence-electron chi connectivity index (χ3n) is 5.17. The molecule has 2 heterocycles. The van der Waals surface area contributed by atoms with Crippen LogP contribution in [-0.2, 0) is 28.0 Å². The van der Waals surface area contributed by atoms with Gasteiger partial charge >= 0.3 is 11.9 Å². The summed E-state index contributed by atoms with van der Waals surface area (Å²) in [5, 5.41) is 19.5. The van der Waals surface area contributed by atoms with E-state index in [2.05, 4.69) is 15.9 Å². The van der Waals surface area contributed by atoms with E-state index in [4.69, 9.17) is 0 Å². The van der Waals surface area contributed by atoms with E-state index in [-0.39, 0.29) is 24.4 Å². The molecular formula is C20H20BrNO5. The fourth-order valence-electron chi connectivity index (χ4n) is 3.75. The standard InChI is InChI=1S/C20H20BrNO5/c1-2-3-9-13-14(21)17-20(18(24)25,19(26)27)10-11-22(17)15(13)16(23)12-7-5-4-6-8-12/h4-8H,2-3,9-11H2,1H3,(H,24,25)(H,26,27). The lowest BCUT2D eigenvalue weighted by Gasteiger charge is -2.19. The summed E-state index contributed by atoms with van der Waals surface area (Å²) in [5.41, 5.74) is -0.318. The van der Waals surface area contributed by atoms with E-state index in [0.717, 1.165) is 12.8 Å². The number of ketones is 1. The maximum absolute atomic E-state index is 13.2. The highest BCUT2D eigenvalue weighted by Gasteiger charge is 2.56. The largest absolute Gasteiger partial charge is 0.480 e. The van der Waals surface area contributed by atoms with Crippen LogP contribution in [0, 0.1) is 0 Å². The number of carbonyl (C=O) groups excluding carboxylic acids is 1. The molecule has 0 unspecified atom stereocenters. The predicted octanol–water partition coefficient (Wildman–Crippen LogP) is 3.63. The van der Waals surface area contributed by atoms with Crippen molar-refractivity contribution in [1.82, 2.24) is 4.57 Å². The number of carboxylic acids is 2. The smallest absolute Gasteiger partial charge is 0.327 e. The number of hydrogen-bond acceptors (Lipinski definition) is 3. The molecule has 1 aliphatic rings. The van der Waals surface area contributed by atoms with Crippen LogP contribution in [0.3, 0.4) is 0 Å². The Kier molecular flexibility index (Phi) is 5.24. The van der Waals surface area contributed by atoms with Gasteiger partial charge in [-0.2, -0.15) is 0 Å².